The number of hydrogen-bond acceptors (Lipinski definition) is 4. The number of ether oxygens (including phenoxy) is 1. The fourth-order valence-corrected chi connectivity index (χ4v) is 2.72. The summed E-state index contributed by atoms with van der Waals surface area (Å²) in [7, 11) is 1.98. The maximum atomic E-state index is 11.8. The van der Waals surface area contributed by atoms with Crippen LogP contribution in [0.15, 0.2) is 30.3 Å². The van der Waals surface area contributed by atoms with Crippen molar-refractivity contribution in [2.45, 2.75) is 32.0 Å². The van der Waals surface area contributed by atoms with Crippen LogP contribution in [0.5, 0.6) is 0 Å². The molecule has 0 aliphatic carbocycles. The predicted molar refractivity (Wildman–Crippen MR) is 80.9 cm³/mol. The van der Waals surface area contributed by atoms with Gasteiger partial charge >= 0.3 is 6.09 Å². The summed E-state index contributed by atoms with van der Waals surface area (Å²) in [5, 5.41) is 10.2. The molecule has 0 radical (unpaired) electrons. The summed E-state index contributed by atoms with van der Waals surface area (Å²) in [4.78, 5) is 15.6. The summed E-state index contributed by atoms with van der Waals surface area (Å²) in [6, 6.07) is 10.1. The second kappa shape index (κ2) is 7.43. The molecule has 116 valence electrons. The number of hydrogen-bond donors (Lipinski definition) is 1. The minimum Gasteiger partial charge on any atom is -0.450 e. The molecule has 1 saturated heterocycles. The molecule has 0 saturated carbocycles. The molecule has 1 aromatic rings. The number of likely N-dealkylation sites (tertiary alicyclic amines) is 1. The molecule has 1 aliphatic rings. The van der Waals surface area contributed by atoms with Crippen LogP contribution in [0, 0.1) is 0 Å². The van der Waals surface area contributed by atoms with Crippen LogP contribution in [0.1, 0.15) is 18.9 Å². The maximum absolute atomic E-state index is 11.8. The molecule has 1 heterocycles. The van der Waals surface area contributed by atoms with Gasteiger partial charge in [0.25, 0.3) is 0 Å². The number of carbonyl (C=O) groups is 1. The van der Waals surface area contributed by atoms with Gasteiger partial charge in [0, 0.05) is 19.6 Å². The van der Waals surface area contributed by atoms with Gasteiger partial charge in [-0.25, -0.2) is 4.79 Å². The van der Waals surface area contributed by atoms with E-state index in [-0.39, 0.29) is 12.1 Å². The van der Waals surface area contributed by atoms with E-state index in [9.17, 15) is 9.90 Å². The zero-order valence-corrected chi connectivity index (χ0v) is 12.7. The van der Waals surface area contributed by atoms with E-state index < -0.39 is 6.10 Å². The lowest BCUT2D eigenvalue weighted by Gasteiger charge is -2.40. The fourth-order valence-electron chi connectivity index (χ4n) is 2.72. The van der Waals surface area contributed by atoms with Gasteiger partial charge in [-0.1, -0.05) is 30.3 Å². The maximum Gasteiger partial charge on any atom is 0.409 e. The van der Waals surface area contributed by atoms with Gasteiger partial charge in [0.15, 0.2) is 0 Å². The third-order valence-electron chi connectivity index (χ3n) is 3.91. The van der Waals surface area contributed by atoms with Crippen molar-refractivity contribution in [3.63, 3.8) is 0 Å². The molecule has 5 heteroatoms. The van der Waals surface area contributed by atoms with Gasteiger partial charge in [0.05, 0.1) is 18.8 Å². The number of aliphatic hydroxyl groups excluding tert-OH is 1. The van der Waals surface area contributed by atoms with E-state index in [1.165, 1.54) is 5.56 Å². The molecule has 2 unspecified atom stereocenters. The Labute approximate surface area is 126 Å². The van der Waals surface area contributed by atoms with Gasteiger partial charge < -0.3 is 14.7 Å². The molecule has 5 nitrogen and oxygen atoms in total. The molecule has 1 N–H and O–H groups in total. The summed E-state index contributed by atoms with van der Waals surface area (Å²) in [6.45, 7) is 3.98. The molecule has 0 spiro atoms. The minimum atomic E-state index is -0.413. The monoisotopic (exact) mass is 292 g/mol. The van der Waals surface area contributed by atoms with E-state index in [1.807, 2.05) is 25.2 Å². The lowest BCUT2D eigenvalue weighted by atomic mass is 10.0. The SMILES string of the molecule is CCOC(=O)N1CCC(O)C(N(C)Cc2ccccc2)C1. The number of rotatable bonds is 4. The first-order valence-corrected chi connectivity index (χ1v) is 7.45. The summed E-state index contributed by atoms with van der Waals surface area (Å²) in [6.07, 6.45) is -0.116. The molecule has 1 aliphatic heterocycles. The van der Waals surface area contributed by atoms with Crippen LogP contribution in [-0.4, -0.2) is 59.9 Å². The summed E-state index contributed by atoms with van der Waals surface area (Å²) in [5.41, 5.74) is 1.19. The van der Waals surface area contributed by atoms with Gasteiger partial charge in [-0.2, -0.15) is 0 Å². The molecule has 2 atom stereocenters. The van der Waals surface area contributed by atoms with Gasteiger partial charge in [0.1, 0.15) is 0 Å². The Kier molecular flexibility index (Phi) is 5.59. The Morgan fingerprint density at radius 1 is 1.43 bits per heavy atom. The molecular weight excluding hydrogens is 268 g/mol. The van der Waals surface area contributed by atoms with Gasteiger partial charge in [-0.05, 0) is 26.0 Å². The van der Waals surface area contributed by atoms with Crippen LogP contribution in [0.25, 0.3) is 0 Å². The van der Waals surface area contributed by atoms with Crippen molar-refractivity contribution in [3.8, 4) is 0 Å². The van der Waals surface area contributed by atoms with Gasteiger partial charge in [-0.15, -0.1) is 0 Å². The van der Waals surface area contributed by atoms with Crippen LogP contribution in [0.3, 0.4) is 0 Å². The van der Waals surface area contributed by atoms with E-state index in [0.29, 0.717) is 26.1 Å². The predicted octanol–water partition coefficient (Wildman–Crippen LogP) is 1.71. The number of amides is 1. The Bertz CT molecular complexity index is 452. The van der Waals surface area contributed by atoms with Crippen LogP contribution < -0.4 is 0 Å². The summed E-state index contributed by atoms with van der Waals surface area (Å²) in [5.74, 6) is 0. The molecule has 0 bridgehead atoms. The van der Waals surface area contributed by atoms with Crippen LogP contribution in [0.2, 0.25) is 0 Å². The molecule has 1 amide bonds. The molecule has 21 heavy (non-hydrogen) atoms. The highest BCUT2D eigenvalue weighted by Gasteiger charge is 2.33. The molecule has 1 aromatic carbocycles. The molecule has 2 rings (SSSR count). The van der Waals surface area contributed by atoms with Crippen molar-refractivity contribution >= 4 is 6.09 Å². The lowest BCUT2D eigenvalue weighted by Crippen LogP contribution is -2.55. The highest BCUT2D eigenvalue weighted by Crippen LogP contribution is 2.18. The minimum absolute atomic E-state index is 0.0663. The number of aliphatic hydroxyl groups is 1. The third kappa shape index (κ3) is 4.19. The normalized spacial score (nSPS) is 22.4. The molecule has 1 fully saturated rings. The van der Waals surface area contributed by atoms with E-state index in [1.54, 1.807) is 11.8 Å². The zero-order chi connectivity index (χ0) is 15.2. The number of nitrogens with zero attached hydrogens (tertiary/aromatic N) is 2. The van der Waals surface area contributed by atoms with E-state index in [4.69, 9.17) is 4.74 Å². The third-order valence-corrected chi connectivity index (χ3v) is 3.91. The summed E-state index contributed by atoms with van der Waals surface area (Å²) < 4.78 is 5.05. The smallest absolute Gasteiger partial charge is 0.409 e. The van der Waals surface area contributed by atoms with Crippen LogP contribution in [-0.2, 0) is 11.3 Å². The van der Waals surface area contributed by atoms with Gasteiger partial charge in [0.2, 0.25) is 0 Å². The highest BCUT2D eigenvalue weighted by molar-refractivity contribution is 5.67. The average molecular weight is 292 g/mol. The molecule has 0 aromatic heterocycles. The van der Waals surface area contributed by atoms with Gasteiger partial charge in [-0.3, -0.25) is 4.90 Å². The lowest BCUT2D eigenvalue weighted by molar-refractivity contribution is -0.00500. The van der Waals surface area contributed by atoms with E-state index >= 15 is 0 Å². The van der Waals surface area contributed by atoms with Crippen molar-refractivity contribution in [1.82, 2.24) is 9.80 Å². The van der Waals surface area contributed by atoms with E-state index in [0.717, 1.165) is 6.54 Å². The van der Waals surface area contributed by atoms with E-state index in [2.05, 4.69) is 17.0 Å². The quantitative estimate of drug-likeness (QED) is 0.918. The first kappa shape index (κ1) is 15.8. The number of carbonyl (C=O) groups excluding carboxylic acids is 1. The second-order valence-electron chi connectivity index (χ2n) is 5.47. The summed E-state index contributed by atoms with van der Waals surface area (Å²) >= 11 is 0. The Morgan fingerprint density at radius 2 is 2.14 bits per heavy atom. The number of benzene rings is 1. The Balaban J connectivity index is 1.97. The fraction of sp³-hybridized carbons (Fsp3) is 0.562. The molecular formula is C16H24N2O3. The largest absolute Gasteiger partial charge is 0.450 e. The van der Waals surface area contributed by atoms with Crippen LogP contribution in [0.4, 0.5) is 4.79 Å². The first-order chi connectivity index (χ1) is 10.1. The van der Waals surface area contributed by atoms with Crippen molar-refractivity contribution in [2.75, 3.05) is 26.7 Å². The number of likely N-dealkylation sites (N-methyl/N-ethyl adjacent to an activating group) is 1. The highest BCUT2D eigenvalue weighted by atomic mass is 16.6. The van der Waals surface area contributed by atoms with Crippen LogP contribution >= 0.6 is 0 Å². The van der Waals surface area contributed by atoms with Crippen molar-refractivity contribution in [1.29, 1.82) is 0 Å². The standard InChI is InChI=1S/C16H24N2O3/c1-3-21-16(20)18-10-9-15(19)14(12-18)17(2)11-13-7-5-4-6-8-13/h4-8,14-15,19H,3,9-12H2,1-2H3. The first-order valence-electron chi connectivity index (χ1n) is 7.45. The zero-order valence-electron chi connectivity index (χ0n) is 12.7. The second-order valence-corrected chi connectivity index (χ2v) is 5.47. The Morgan fingerprint density at radius 3 is 2.81 bits per heavy atom. The number of piperidine rings is 1. The average Bonchev–Trinajstić information content (AvgIpc) is 2.48. The topological polar surface area (TPSA) is 53.0 Å². The van der Waals surface area contributed by atoms with Crippen molar-refractivity contribution < 1.29 is 14.6 Å². The van der Waals surface area contributed by atoms with Crippen molar-refractivity contribution in [3.05, 3.63) is 35.9 Å². The Hall–Kier alpha value is -1.59. The van der Waals surface area contributed by atoms with Crippen molar-refractivity contribution in [2.24, 2.45) is 0 Å².